The Kier molecular flexibility index (Phi) is 7.11. The number of fused-ring (bicyclic) bond motifs is 1. The summed E-state index contributed by atoms with van der Waals surface area (Å²) < 4.78 is 7.25. The maximum absolute atomic E-state index is 13.3. The van der Waals surface area contributed by atoms with Crippen LogP contribution in [0, 0.1) is 24.2 Å². The molecule has 39 heavy (non-hydrogen) atoms. The van der Waals surface area contributed by atoms with Crippen LogP contribution in [0.5, 0.6) is 5.75 Å². The molecule has 2 aliphatic rings. The number of likely N-dealkylation sites (tertiary alicyclic amines) is 1. The molecule has 204 valence electrons. The molecule has 1 saturated heterocycles. The molecular formula is C31H37N5O3. The zero-order valence-corrected chi connectivity index (χ0v) is 23.5. The van der Waals surface area contributed by atoms with Gasteiger partial charge in [0.1, 0.15) is 17.5 Å². The molecule has 0 radical (unpaired) electrons. The number of nitrogens with zero attached hydrogens (tertiary/aromatic N) is 4. The summed E-state index contributed by atoms with van der Waals surface area (Å²) in [4.78, 5) is 33.3. The predicted molar refractivity (Wildman–Crippen MR) is 151 cm³/mol. The molecule has 1 N–H and O–H groups in total. The highest BCUT2D eigenvalue weighted by Gasteiger charge is 2.41. The van der Waals surface area contributed by atoms with Gasteiger partial charge in [-0.05, 0) is 81.7 Å². The summed E-state index contributed by atoms with van der Waals surface area (Å²) in [6.45, 7) is 7.16. The Hall–Kier alpha value is -3.86. The summed E-state index contributed by atoms with van der Waals surface area (Å²) in [6.07, 6.45) is 9.99. The molecule has 1 atom stereocenters. The number of aryl methyl sites for hydroxylation is 2. The molecule has 1 aliphatic carbocycles. The summed E-state index contributed by atoms with van der Waals surface area (Å²) in [6, 6.07) is 6.88. The van der Waals surface area contributed by atoms with E-state index in [1.807, 2.05) is 14.0 Å². The Labute approximate surface area is 230 Å². The molecule has 5 rings (SSSR count). The number of methoxy groups -OCH3 is 1. The zero-order valence-electron chi connectivity index (χ0n) is 23.5. The van der Waals surface area contributed by atoms with Gasteiger partial charge in [-0.15, -0.1) is 0 Å². The van der Waals surface area contributed by atoms with Crippen molar-refractivity contribution in [2.75, 3.05) is 19.0 Å². The molecule has 3 aromatic rings. The number of pyridine rings is 1. The van der Waals surface area contributed by atoms with E-state index in [4.69, 9.17) is 9.72 Å². The van der Waals surface area contributed by atoms with Crippen LogP contribution < -0.4 is 10.1 Å². The van der Waals surface area contributed by atoms with Gasteiger partial charge in [-0.25, -0.2) is 4.98 Å². The number of aromatic nitrogens is 2. The third-order valence-corrected chi connectivity index (χ3v) is 8.69. The number of hydrogen-bond donors (Lipinski definition) is 1. The van der Waals surface area contributed by atoms with Crippen molar-refractivity contribution in [2.24, 2.45) is 13.0 Å². The Morgan fingerprint density at radius 3 is 2.62 bits per heavy atom. The quantitative estimate of drug-likeness (QED) is 0.460. The fraction of sp³-hybridized carbons (Fsp3) is 0.484. The maximum Gasteiger partial charge on any atom is 0.255 e. The van der Waals surface area contributed by atoms with Crippen molar-refractivity contribution in [1.82, 2.24) is 14.5 Å². The van der Waals surface area contributed by atoms with Crippen molar-refractivity contribution in [1.29, 1.82) is 5.26 Å². The van der Waals surface area contributed by atoms with Gasteiger partial charge in [0, 0.05) is 42.2 Å². The Bertz CT molecular complexity index is 1480. The van der Waals surface area contributed by atoms with Gasteiger partial charge in [0.25, 0.3) is 5.91 Å². The van der Waals surface area contributed by atoms with Crippen molar-refractivity contribution < 1.29 is 14.3 Å². The number of carbonyl (C=O) groups is 2. The van der Waals surface area contributed by atoms with Crippen LogP contribution in [-0.4, -0.2) is 45.5 Å². The molecule has 1 aromatic carbocycles. The van der Waals surface area contributed by atoms with Crippen LogP contribution in [-0.2, 0) is 11.8 Å². The number of nitrogens with one attached hydrogen (secondary N) is 1. The lowest BCUT2D eigenvalue weighted by atomic mass is 9.78. The lowest BCUT2D eigenvalue weighted by Crippen LogP contribution is -2.53. The van der Waals surface area contributed by atoms with Crippen molar-refractivity contribution in [2.45, 2.75) is 70.8 Å². The summed E-state index contributed by atoms with van der Waals surface area (Å²) >= 11 is 0. The molecule has 2 aromatic heterocycles. The van der Waals surface area contributed by atoms with E-state index < -0.39 is 0 Å². The van der Waals surface area contributed by atoms with E-state index in [1.165, 1.54) is 18.7 Å². The minimum absolute atomic E-state index is 0.186. The monoisotopic (exact) mass is 527 g/mol. The SMILES string of the molecule is COc1ccc(C(=O)Nc2cnc3c(c([C@@H]4CCN(C(=O)C5CCCC5)C(C)(C)C4)cn3C)c2C)cc1C#N. The zero-order chi connectivity index (χ0) is 27.9. The van der Waals surface area contributed by atoms with Crippen LogP contribution in [0.1, 0.15) is 85.3 Å². The minimum Gasteiger partial charge on any atom is -0.495 e. The maximum atomic E-state index is 13.3. The van der Waals surface area contributed by atoms with E-state index in [0.29, 0.717) is 28.5 Å². The number of hydrogen-bond acceptors (Lipinski definition) is 5. The van der Waals surface area contributed by atoms with E-state index in [1.54, 1.807) is 18.3 Å². The van der Waals surface area contributed by atoms with Gasteiger partial charge >= 0.3 is 0 Å². The van der Waals surface area contributed by atoms with Crippen LogP contribution in [0.25, 0.3) is 11.0 Å². The summed E-state index contributed by atoms with van der Waals surface area (Å²) in [7, 11) is 3.50. The topological polar surface area (TPSA) is 100 Å². The number of anilines is 1. The van der Waals surface area contributed by atoms with Gasteiger partial charge in [-0.1, -0.05) is 12.8 Å². The van der Waals surface area contributed by atoms with E-state index in [0.717, 1.165) is 61.7 Å². The lowest BCUT2D eigenvalue weighted by Gasteiger charge is -2.46. The summed E-state index contributed by atoms with van der Waals surface area (Å²) in [5, 5.41) is 13.5. The Morgan fingerprint density at radius 1 is 1.21 bits per heavy atom. The number of ether oxygens (including phenoxy) is 1. The first-order valence-corrected chi connectivity index (χ1v) is 13.8. The highest BCUT2D eigenvalue weighted by Crippen LogP contribution is 2.43. The van der Waals surface area contributed by atoms with Gasteiger partial charge in [-0.2, -0.15) is 5.26 Å². The first kappa shape index (κ1) is 26.7. The molecule has 8 nitrogen and oxygen atoms in total. The number of benzene rings is 1. The van der Waals surface area contributed by atoms with Gasteiger partial charge in [0.15, 0.2) is 0 Å². The number of piperidine rings is 1. The number of amides is 2. The molecule has 2 fully saturated rings. The number of nitriles is 1. The Balaban J connectivity index is 1.42. The normalized spacial score (nSPS) is 19.2. The van der Waals surface area contributed by atoms with Gasteiger partial charge in [-0.3, -0.25) is 9.59 Å². The molecule has 3 heterocycles. The molecule has 1 saturated carbocycles. The van der Waals surface area contributed by atoms with Crippen molar-refractivity contribution in [3.05, 3.63) is 52.8 Å². The summed E-state index contributed by atoms with van der Waals surface area (Å²) in [5.41, 5.74) is 4.14. The molecule has 0 bridgehead atoms. The number of rotatable bonds is 5. The number of carbonyl (C=O) groups excluding carboxylic acids is 2. The van der Waals surface area contributed by atoms with Crippen molar-refractivity contribution >= 4 is 28.5 Å². The van der Waals surface area contributed by atoms with Crippen LogP contribution in [0.3, 0.4) is 0 Å². The second-order valence-electron chi connectivity index (χ2n) is 11.6. The van der Waals surface area contributed by atoms with Crippen molar-refractivity contribution in [3.8, 4) is 11.8 Å². The molecule has 1 aliphatic heterocycles. The smallest absolute Gasteiger partial charge is 0.255 e. The van der Waals surface area contributed by atoms with Crippen LogP contribution in [0.15, 0.2) is 30.6 Å². The van der Waals surface area contributed by atoms with E-state index >= 15 is 0 Å². The second-order valence-corrected chi connectivity index (χ2v) is 11.6. The first-order valence-electron chi connectivity index (χ1n) is 13.8. The lowest BCUT2D eigenvalue weighted by molar-refractivity contribution is -0.143. The minimum atomic E-state index is -0.309. The molecule has 8 heteroatoms. The molecule has 0 unspecified atom stereocenters. The van der Waals surface area contributed by atoms with Gasteiger partial charge in [0.2, 0.25) is 5.91 Å². The van der Waals surface area contributed by atoms with E-state index in [-0.39, 0.29) is 23.3 Å². The molecule has 0 spiro atoms. The second kappa shape index (κ2) is 10.4. The Morgan fingerprint density at radius 2 is 1.95 bits per heavy atom. The summed E-state index contributed by atoms with van der Waals surface area (Å²) in [5.74, 6) is 0.917. The van der Waals surface area contributed by atoms with Gasteiger partial charge in [0.05, 0.1) is 24.6 Å². The van der Waals surface area contributed by atoms with Crippen molar-refractivity contribution in [3.63, 3.8) is 0 Å². The predicted octanol–water partition coefficient (Wildman–Crippen LogP) is 5.69. The average molecular weight is 528 g/mol. The fourth-order valence-corrected chi connectivity index (χ4v) is 6.57. The third-order valence-electron chi connectivity index (χ3n) is 8.69. The highest BCUT2D eigenvalue weighted by atomic mass is 16.5. The fourth-order valence-electron chi connectivity index (χ4n) is 6.57. The standard InChI is InChI=1S/C31H37N5O3/c1-19-25(34-29(37)21-10-11-26(39-5)23(14-21)16-32)17-33-28-27(19)24(18-35(28)4)22-12-13-36(31(2,3)15-22)30(38)20-8-6-7-9-20/h10-11,14,17-18,20,22H,6-9,12-13,15H2,1-5H3,(H,34,37)/t22-/m1/s1. The third kappa shape index (κ3) is 4.87. The first-order chi connectivity index (χ1) is 18.6. The molecular weight excluding hydrogens is 490 g/mol. The van der Waals surface area contributed by atoms with Crippen LogP contribution in [0.4, 0.5) is 5.69 Å². The average Bonchev–Trinajstić information content (AvgIpc) is 3.57. The largest absolute Gasteiger partial charge is 0.495 e. The molecule has 2 amide bonds. The van der Waals surface area contributed by atoms with E-state index in [9.17, 15) is 14.9 Å². The highest BCUT2D eigenvalue weighted by molar-refractivity contribution is 6.06. The van der Waals surface area contributed by atoms with E-state index in [2.05, 4.69) is 40.9 Å². The van der Waals surface area contributed by atoms with Crippen LogP contribution in [0.2, 0.25) is 0 Å². The van der Waals surface area contributed by atoms with Crippen LogP contribution >= 0.6 is 0 Å². The van der Waals surface area contributed by atoms with Gasteiger partial charge < -0.3 is 19.5 Å².